The van der Waals surface area contributed by atoms with Crippen LogP contribution in [0.25, 0.3) is 0 Å². The highest BCUT2D eigenvalue weighted by Gasteiger charge is 2.11. The van der Waals surface area contributed by atoms with Crippen molar-refractivity contribution in [3.63, 3.8) is 0 Å². The number of nitrogens with two attached hydrogens (primary N) is 2. The minimum Gasteiger partial charge on any atom is -0.351 e. The molecule has 0 fully saturated rings. The zero-order valence-corrected chi connectivity index (χ0v) is 7.16. The van der Waals surface area contributed by atoms with Crippen molar-refractivity contribution in [2.75, 3.05) is 12.3 Å². The predicted octanol–water partition coefficient (Wildman–Crippen LogP) is 0.494. The van der Waals surface area contributed by atoms with Gasteiger partial charge in [-0.1, -0.05) is 12.1 Å². The minimum atomic E-state index is 0.129. The third kappa shape index (κ3) is 2.20. The van der Waals surface area contributed by atoms with Gasteiger partial charge in [0.2, 0.25) is 0 Å². The van der Waals surface area contributed by atoms with Gasteiger partial charge in [0.05, 0.1) is 0 Å². The lowest BCUT2D eigenvalue weighted by Crippen LogP contribution is -2.03. The molecule has 12 heavy (non-hydrogen) atoms. The summed E-state index contributed by atoms with van der Waals surface area (Å²) in [5.41, 5.74) is 10.7. The van der Waals surface area contributed by atoms with E-state index in [9.17, 15) is 0 Å². The molecule has 1 heterocycles. The molecule has 1 unspecified atom stereocenters. The van der Waals surface area contributed by atoms with E-state index >= 15 is 0 Å². The molecule has 0 aliphatic rings. The smallest absolute Gasteiger partial charge is 0.318 e. The maximum Gasteiger partial charge on any atom is 0.318 e. The molecule has 1 rings (SSSR count). The molecule has 1 aromatic rings. The fourth-order valence-corrected chi connectivity index (χ4v) is 1.00. The van der Waals surface area contributed by atoms with E-state index in [2.05, 4.69) is 14.7 Å². The molecular weight excluding hydrogens is 156 g/mol. The summed E-state index contributed by atoms with van der Waals surface area (Å²) in [5, 5.41) is 3.72. The zero-order chi connectivity index (χ0) is 8.97. The number of anilines is 1. The Morgan fingerprint density at radius 1 is 1.58 bits per heavy atom. The fraction of sp³-hybridized carbons (Fsp3) is 0.714. The van der Waals surface area contributed by atoms with Crippen molar-refractivity contribution in [3.05, 3.63) is 5.82 Å². The Hall–Kier alpha value is -1.10. The van der Waals surface area contributed by atoms with Crippen LogP contribution >= 0.6 is 0 Å². The summed E-state index contributed by atoms with van der Waals surface area (Å²) in [6, 6.07) is 0.129. The summed E-state index contributed by atoms with van der Waals surface area (Å²) in [6.45, 7) is 2.72. The van der Waals surface area contributed by atoms with Gasteiger partial charge < -0.3 is 16.0 Å². The van der Waals surface area contributed by atoms with E-state index in [-0.39, 0.29) is 11.9 Å². The van der Waals surface area contributed by atoms with E-state index in [1.807, 2.05) is 6.92 Å². The number of hydrogen-bond donors (Lipinski definition) is 2. The second-order valence-corrected chi connectivity index (χ2v) is 2.82. The Morgan fingerprint density at radius 2 is 2.33 bits per heavy atom. The topological polar surface area (TPSA) is 91.0 Å². The fourth-order valence-electron chi connectivity index (χ4n) is 1.00. The van der Waals surface area contributed by atoms with Gasteiger partial charge in [-0.3, -0.25) is 0 Å². The summed E-state index contributed by atoms with van der Waals surface area (Å²) in [4.78, 5) is 3.92. The van der Waals surface area contributed by atoms with Crippen LogP contribution in [0.3, 0.4) is 0 Å². The van der Waals surface area contributed by atoms with E-state index in [1.165, 1.54) is 0 Å². The molecule has 0 saturated carbocycles. The molecule has 0 aromatic carbocycles. The van der Waals surface area contributed by atoms with Gasteiger partial charge in [-0.05, 0) is 19.4 Å². The van der Waals surface area contributed by atoms with Crippen LogP contribution in [0.4, 0.5) is 6.01 Å². The molecule has 4 N–H and O–H groups in total. The van der Waals surface area contributed by atoms with Crippen LogP contribution in [0.15, 0.2) is 4.52 Å². The maximum absolute atomic E-state index is 5.37. The van der Waals surface area contributed by atoms with Crippen LogP contribution < -0.4 is 11.5 Å². The van der Waals surface area contributed by atoms with Crippen LogP contribution in [0.2, 0.25) is 0 Å². The summed E-state index contributed by atoms with van der Waals surface area (Å²) >= 11 is 0. The Morgan fingerprint density at radius 3 is 2.83 bits per heavy atom. The second-order valence-electron chi connectivity index (χ2n) is 2.82. The normalized spacial score (nSPS) is 13.2. The lowest BCUT2D eigenvalue weighted by atomic mass is 10.1. The first-order chi connectivity index (χ1) is 5.74. The third-order valence-electron chi connectivity index (χ3n) is 1.74. The molecule has 1 atom stereocenters. The molecule has 0 aliphatic heterocycles. The zero-order valence-electron chi connectivity index (χ0n) is 7.16. The van der Waals surface area contributed by atoms with Crippen molar-refractivity contribution in [1.29, 1.82) is 0 Å². The van der Waals surface area contributed by atoms with Crippen molar-refractivity contribution in [3.8, 4) is 0 Å². The van der Waals surface area contributed by atoms with Gasteiger partial charge in [-0.15, -0.1) is 0 Å². The minimum absolute atomic E-state index is 0.129. The van der Waals surface area contributed by atoms with Crippen molar-refractivity contribution in [1.82, 2.24) is 10.1 Å². The van der Waals surface area contributed by atoms with Crippen molar-refractivity contribution in [2.45, 2.75) is 25.7 Å². The molecule has 0 saturated heterocycles. The SMILES string of the molecule is CC(CCCN)c1noc(N)n1. The van der Waals surface area contributed by atoms with Gasteiger partial charge in [0.15, 0.2) is 5.82 Å². The largest absolute Gasteiger partial charge is 0.351 e. The molecule has 68 valence electrons. The predicted molar refractivity (Wildman–Crippen MR) is 45.4 cm³/mol. The summed E-state index contributed by atoms with van der Waals surface area (Å²) in [6.07, 6.45) is 1.94. The van der Waals surface area contributed by atoms with Crippen molar-refractivity contribution in [2.24, 2.45) is 5.73 Å². The standard InChI is InChI=1S/C7H14N4O/c1-5(3-2-4-8)6-10-7(9)12-11-6/h5H,2-4,8H2,1H3,(H2,9,10,11). The van der Waals surface area contributed by atoms with Crippen molar-refractivity contribution < 1.29 is 4.52 Å². The molecule has 5 nitrogen and oxygen atoms in total. The first kappa shape index (κ1) is 8.99. The lowest BCUT2D eigenvalue weighted by molar-refractivity contribution is 0.418. The summed E-state index contributed by atoms with van der Waals surface area (Å²) in [5.74, 6) is 0.940. The van der Waals surface area contributed by atoms with Gasteiger partial charge in [-0.25, -0.2) is 0 Å². The van der Waals surface area contributed by atoms with E-state index in [0.29, 0.717) is 12.4 Å². The molecule has 1 aromatic heterocycles. The van der Waals surface area contributed by atoms with E-state index < -0.39 is 0 Å². The average molecular weight is 170 g/mol. The molecule has 0 aliphatic carbocycles. The van der Waals surface area contributed by atoms with E-state index in [1.54, 1.807) is 0 Å². The van der Waals surface area contributed by atoms with Crippen LogP contribution in [0.1, 0.15) is 31.5 Å². The molecule has 0 amide bonds. The highest BCUT2D eigenvalue weighted by molar-refractivity contribution is 5.09. The number of nitrogen functional groups attached to an aromatic ring is 1. The second kappa shape index (κ2) is 4.06. The van der Waals surface area contributed by atoms with Crippen LogP contribution in [0, 0.1) is 0 Å². The Bertz CT molecular complexity index is 235. The van der Waals surface area contributed by atoms with E-state index in [0.717, 1.165) is 12.8 Å². The van der Waals surface area contributed by atoms with Crippen molar-refractivity contribution >= 4 is 6.01 Å². The number of hydrogen-bond acceptors (Lipinski definition) is 5. The molecule has 0 bridgehead atoms. The molecule has 0 radical (unpaired) electrons. The van der Waals surface area contributed by atoms with Crippen LogP contribution in [0.5, 0.6) is 0 Å². The molecular formula is C7H14N4O. The highest BCUT2D eigenvalue weighted by atomic mass is 16.5. The molecule has 5 heteroatoms. The Balaban J connectivity index is 2.47. The Labute approximate surface area is 71.1 Å². The first-order valence-electron chi connectivity index (χ1n) is 4.03. The van der Waals surface area contributed by atoms with Crippen LogP contribution in [-0.2, 0) is 0 Å². The van der Waals surface area contributed by atoms with Gasteiger partial charge in [0.1, 0.15) is 0 Å². The summed E-state index contributed by atoms with van der Waals surface area (Å²) < 4.78 is 4.65. The van der Waals surface area contributed by atoms with Gasteiger partial charge in [0, 0.05) is 5.92 Å². The maximum atomic E-state index is 5.37. The number of aromatic nitrogens is 2. The first-order valence-corrected chi connectivity index (χ1v) is 4.03. The highest BCUT2D eigenvalue weighted by Crippen LogP contribution is 2.17. The summed E-state index contributed by atoms with van der Waals surface area (Å²) in [7, 11) is 0. The van der Waals surface area contributed by atoms with Crippen LogP contribution in [-0.4, -0.2) is 16.7 Å². The number of nitrogens with zero attached hydrogens (tertiary/aromatic N) is 2. The monoisotopic (exact) mass is 170 g/mol. The van der Waals surface area contributed by atoms with Gasteiger partial charge >= 0.3 is 6.01 Å². The van der Waals surface area contributed by atoms with Gasteiger partial charge in [-0.2, -0.15) is 4.98 Å². The quantitative estimate of drug-likeness (QED) is 0.686. The Kier molecular flexibility index (Phi) is 3.04. The van der Waals surface area contributed by atoms with E-state index in [4.69, 9.17) is 11.5 Å². The molecule has 0 spiro atoms. The lowest BCUT2D eigenvalue weighted by Gasteiger charge is -2.03. The third-order valence-corrected chi connectivity index (χ3v) is 1.74. The van der Waals surface area contributed by atoms with Gasteiger partial charge in [0.25, 0.3) is 0 Å². The number of rotatable bonds is 4. The average Bonchev–Trinajstić information content (AvgIpc) is 2.47.